The van der Waals surface area contributed by atoms with Crippen LogP contribution in [0.3, 0.4) is 0 Å². The number of carbonyl (C=O) groups is 2. The molecule has 2 rings (SSSR count). The van der Waals surface area contributed by atoms with Crippen LogP contribution in [-0.2, 0) is 22.4 Å². The second-order valence-electron chi connectivity index (χ2n) is 6.11. The van der Waals surface area contributed by atoms with Gasteiger partial charge in [-0.2, -0.15) is 0 Å². The van der Waals surface area contributed by atoms with Gasteiger partial charge in [0, 0.05) is 0 Å². The molecule has 0 saturated heterocycles. The summed E-state index contributed by atoms with van der Waals surface area (Å²) in [5, 5.41) is 9.50. The molecule has 1 atom stereocenters. The lowest BCUT2D eigenvalue weighted by Gasteiger charge is -2.25. The van der Waals surface area contributed by atoms with E-state index in [0.29, 0.717) is 12.3 Å². The van der Waals surface area contributed by atoms with Gasteiger partial charge in [-0.05, 0) is 36.8 Å². The van der Waals surface area contributed by atoms with Crippen molar-refractivity contribution in [2.24, 2.45) is 17.1 Å². The molecule has 1 aliphatic rings. The fourth-order valence-corrected chi connectivity index (χ4v) is 2.61. The highest BCUT2D eigenvalue weighted by atomic mass is 16.4. The SMILES string of the molecule is [2H]NC(=O)Cc1ccc(CC(C)(CC2CC2)C(=O)O)cc1. The Morgan fingerprint density at radius 2 is 1.95 bits per heavy atom. The zero-order chi connectivity index (χ0) is 15.5. The molecule has 0 aromatic heterocycles. The Hall–Kier alpha value is -1.84. The first kappa shape index (κ1) is 13.2. The quantitative estimate of drug-likeness (QED) is 0.800. The number of hydrogen-bond acceptors (Lipinski definition) is 2. The lowest BCUT2D eigenvalue weighted by atomic mass is 9.79. The molecular formula is C16H21NO3. The van der Waals surface area contributed by atoms with E-state index in [-0.39, 0.29) is 12.3 Å². The predicted molar refractivity (Wildman–Crippen MR) is 76.1 cm³/mol. The average Bonchev–Trinajstić information content (AvgIpc) is 3.24. The minimum Gasteiger partial charge on any atom is -0.481 e. The highest BCUT2D eigenvalue weighted by Crippen LogP contribution is 2.42. The molecule has 0 bridgehead atoms. The normalized spacial score (nSPS) is 17.9. The maximum atomic E-state index is 11.6. The van der Waals surface area contributed by atoms with Crippen molar-refractivity contribution in [3.8, 4) is 0 Å². The maximum Gasteiger partial charge on any atom is 0.309 e. The van der Waals surface area contributed by atoms with Gasteiger partial charge in [0.05, 0.1) is 11.8 Å². The van der Waals surface area contributed by atoms with E-state index in [0.717, 1.165) is 30.4 Å². The molecule has 1 saturated carbocycles. The Bertz CT molecular complexity index is 525. The average molecular weight is 276 g/mol. The largest absolute Gasteiger partial charge is 0.481 e. The summed E-state index contributed by atoms with van der Waals surface area (Å²) in [6, 6.07) is 7.40. The Morgan fingerprint density at radius 1 is 1.35 bits per heavy atom. The molecule has 1 fully saturated rings. The number of aliphatic carboxylic acids is 1. The van der Waals surface area contributed by atoms with Crippen molar-refractivity contribution in [3.63, 3.8) is 0 Å². The first-order chi connectivity index (χ1) is 9.93. The Morgan fingerprint density at radius 3 is 2.45 bits per heavy atom. The molecule has 1 aromatic carbocycles. The van der Waals surface area contributed by atoms with Gasteiger partial charge in [0.1, 0.15) is 0 Å². The molecule has 0 heterocycles. The number of rotatable bonds is 7. The van der Waals surface area contributed by atoms with E-state index in [1.807, 2.05) is 36.9 Å². The van der Waals surface area contributed by atoms with Crippen LogP contribution in [0.25, 0.3) is 0 Å². The van der Waals surface area contributed by atoms with Crippen LogP contribution in [0.2, 0.25) is 1.41 Å². The van der Waals surface area contributed by atoms with Crippen LogP contribution in [0.4, 0.5) is 0 Å². The Balaban J connectivity index is 2.03. The molecule has 4 nitrogen and oxygen atoms in total. The number of carbonyl (C=O) groups excluding carboxylic acids is 1. The topological polar surface area (TPSA) is 80.4 Å². The minimum absolute atomic E-state index is 0.169. The molecule has 20 heavy (non-hydrogen) atoms. The smallest absolute Gasteiger partial charge is 0.309 e. The Labute approximate surface area is 120 Å². The van der Waals surface area contributed by atoms with Crippen LogP contribution in [0.1, 0.15) is 37.3 Å². The van der Waals surface area contributed by atoms with Gasteiger partial charge in [0.15, 0.2) is 1.41 Å². The van der Waals surface area contributed by atoms with Gasteiger partial charge in [0.2, 0.25) is 5.91 Å². The third-order valence-electron chi connectivity index (χ3n) is 3.93. The zero-order valence-corrected chi connectivity index (χ0v) is 11.7. The predicted octanol–water partition coefficient (Wildman–Crippen LogP) is 2.15. The van der Waals surface area contributed by atoms with Crippen LogP contribution in [0.15, 0.2) is 24.3 Å². The van der Waals surface area contributed by atoms with Crippen molar-refractivity contribution in [2.45, 2.75) is 39.0 Å². The van der Waals surface area contributed by atoms with Gasteiger partial charge in [-0.3, -0.25) is 9.59 Å². The fourth-order valence-electron chi connectivity index (χ4n) is 2.61. The van der Waals surface area contributed by atoms with E-state index in [1.54, 1.807) is 0 Å². The summed E-state index contributed by atoms with van der Waals surface area (Å²) in [5.74, 6) is -0.537. The van der Waals surface area contributed by atoms with Crippen molar-refractivity contribution in [1.82, 2.24) is 0 Å². The lowest BCUT2D eigenvalue weighted by Crippen LogP contribution is -2.30. The number of amides is 1. The lowest BCUT2D eigenvalue weighted by molar-refractivity contribution is -0.148. The second-order valence-corrected chi connectivity index (χ2v) is 6.11. The summed E-state index contributed by atoms with van der Waals surface area (Å²) < 4.78 is 6.77. The van der Waals surface area contributed by atoms with Crippen LogP contribution in [0, 0.1) is 11.3 Å². The summed E-state index contributed by atoms with van der Waals surface area (Å²) in [7, 11) is 0. The fraction of sp³-hybridized carbons (Fsp3) is 0.500. The zero-order valence-electron chi connectivity index (χ0n) is 12.7. The second kappa shape index (κ2) is 5.65. The standard InChI is InChI=1S/C16H21NO3/c1-16(15(19)20,10-13-6-7-13)9-12-4-2-11(3-5-12)8-14(17)18/h2-5,13H,6-10H2,1H3,(H2,17,18)(H,19,20)/i/hD. The van der Waals surface area contributed by atoms with Crippen molar-refractivity contribution in [3.05, 3.63) is 35.4 Å². The van der Waals surface area contributed by atoms with E-state index in [9.17, 15) is 14.7 Å². The van der Waals surface area contributed by atoms with Crippen molar-refractivity contribution >= 4 is 11.9 Å². The number of nitrogens with two attached hydrogens (primary N) is 1. The molecule has 0 aliphatic heterocycles. The first-order valence-electron chi connectivity index (χ1n) is 7.45. The molecule has 1 aromatic rings. The molecular weight excluding hydrogens is 254 g/mol. The number of carboxylic acids is 1. The third-order valence-corrected chi connectivity index (χ3v) is 3.93. The molecule has 4 heteroatoms. The van der Waals surface area contributed by atoms with Gasteiger partial charge < -0.3 is 10.8 Å². The molecule has 1 unspecified atom stereocenters. The van der Waals surface area contributed by atoms with Crippen LogP contribution < -0.4 is 5.73 Å². The van der Waals surface area contributed by atoms with E-state index in [1.165, 1.54) is 0 Å². The molecule has 0 radical (unpaired) electrons. The summed E-state index contributed by atoms with van der Waals surface area (Å²) in [6.45, 7) is 1.81. The van der Waals surface area contributed by atoms with Crippen molar-refractivity contribution in [2.75, 3.05) is 0 Å². The van der Waals surface area contributed by atoms with Crippen LogP contribution >= 0.6 is 0 Å². The summed E-state index contributed by atoms with van der Waals surface area (Å²) >= 11 is 0. The van der Waals surface area contributed by atoms with Crippen LogP contribution in [0.5, 0.6) is 0 Å². The summed E-state index contributed by atoms with van der Waals surface area (Å²) in [5.41, 5.74) is 2.91. The summed E-state index contributed by atoms with van der Waals surface area (Å²) in [6.07, 6.45) is 3.69. The van der Waals surface area contributed by atoms with E-state index in [2.05, 4.69) is 0 Å². The Kier molecular flexibility index (Phi) is 3.72. The number of primary amides is 1. The molecule has 1 aliphatic carbocycles. The maximum absolute atomic E-state index is 11.6. The monoisotopic (exact) mass is 276 g/mol. The van der Waals surface area contributed by atoms with Gasteiger partial charge in [0.25, 0.3) is 0 Å². The van der Waals surface area contributed by atoms with E-state index < -0.39 is 11.4 Å². The molecule has 1 amide bonds. The summed E-state index contributed by atoms with van der Waals surface area (Å²) in [4.78, 5) is 22.7. The van der Waals surface area contributed by atoms with Crippen molar-refractivity contribution in [1.29, 1.82) is 0 Å². The molecule has 0 spiro atoms. The van der Waals surface area contributed by atoms with Gasteiger partial charge in [-0.25, -0.2) is 0 Å². The highest BCUT2D eigenvalue weighted by molar-refractivity contribution is 5.76. The molecule has 108 valence electrons. The minimum atomic E-state index is -0.743. The highest BCUT2D eigenvalue weighted by Gasteiger charge is 2.39. The number of carboxylic acid groups (broad SMARTS) is 1. The number of hydrogen-bond donors (Lipinski definition) is 2. The van der Waals surface area contributed by atoms with E-state index >= 15 is 0 Å². The van der Waals surface area contributed by atoms with E-state index in [4.69, 9.17) is 1.41 Å². The van der Waals surface area contributed by atoms with Gasteiger partial charge in [-0.1, -0.05) is 37.1 Å². The number of benzene rings is 1. The van der Waals surface area contributed by atoms with Crippen LogP contribution in [-0.4, -0.2) is 17.0 Å². The van der Waals surface area contributed by atoms with Gasteiger partial charge >= 0.3 is 5.97 Å². The molecule has 3 N–H and O–H groups in total. The van der Waals surface area contributed by atoms with Crippen molar-refractivity contribution < 1.29 is 16.1 Å². The third kappa shape index (κ3) is 3.83. The first-order valence-corrected chi connectivity index (χ1v) is 6.95. The van der Waals surface area contributed by atoms with Gasteiger partial charge in [-0.15, -0.1) is 0 Å².